The molecule has 2 saturated carbocycles. The Hall–Kier alpha value is -4.57. The van der Waals surface area contributed by atoms with Crippen molar-refractivity contribution in [1.82, 2.24) is 29.5 Å². The maximum absolute atomic E-state index is 12.9. The van der Waals surface area contributed by atoms with Crippen LogP contribution in [0.2, 0.25) is 0 Å². The van der Waals surface area contributed by atoms with Gasteiger partial charge in [-0.3, -0.25) is 14.5 Å². The highest BCUT2D eigenvalue weighted by Crippen LogP contribution is 2.45. The van der Waals surface area contributed by atoms with Crippen molar-refractivity contribution in [2.45, 2.75) is 37.8 Å². The monoisotopic (exact) mass is 576 g/mol. The summed E-state index contributed by atoms with van der Waals surface area (Å²) in [5, 5.41) is 8.68. The van der Waals surface area contributed by atoms with Crippen LogP contribution in [0.1, 0.15) is 42.1 Å². The molecule has 220 valence electrons. The Morgan fingerprint density at radius 3 is 2.44 bits per heavy atom. The zero-order valence-electron chi connectivity index (χ0n) is 24.3. The molecule has 2 unspecified atom stereocenters. The second kappa shape index (κ2) is 11.3. The van der Waals surface area contributed by atoms with Gasteiger partial charge in [-0.05, 0) is 68.8 Å². The van der Waals surface area contributed by atoms with E-state index in [0.717, 1.165) is 49.1 Å². The maximum Gasteiger partial charge on any atom is 0.255 e. The first-order valence-electron chi connectivity index (χ1n) is 15.1. The molecule has 10 heteroatoms. The summed E-state index contributed by atoms with van der Waals surface area (Å²) in [4.78, 5) is 38.8. The van der Waals surface area contributed by atoms with E-state index in [1.54, 1.807) is 18.2 Å². The molecule has 4 aromatic rings. The van der Waals surface area contributed by atoms with Crippen LogP contribution in [0.5, 0.6) is 0 Å². The number of rotatable bonds is 8. The molecule has 3 heterocycles. The number of aromatic nitrogens is 4. The van der Waals surface area contributed by atoms with Gasteiger partial charge in [-0.25, -0.2) is 14.6 Å². The number of para-hydroxylation sites is 1. The minimum absolute atomic E-state index is 0.114. The first-order chi connectivity index (χ1) is 20.9. The van der Waals surface area contributed by atoms with Crippen LogP contribution in [0.4, 0.5) is 11.5 Å². The van der Waals surface area contributed by atoms with E-state index < -0.39 is 0 Å². The van der Waals surface area contributed by atoms with Gasteiger partial charge in [0.1, 0.15) is 17.8 Å². The van der Waals surface area contributed by atoms with Gasteiger partial charge in [-0.15, -0.1) is 0 Å². The number of carbonyl (C=O) groups excluding carboxylic acids is 2. The van der Waals surface area contributed by atoms with Crippen molar-refractivity contribution in [2.75, 3.05) is 37.7 Å². The highest BCUT2D eigenvalue weighted by Gasteiger charge is 2.43. The predicted octanol–water partition coefficient (Wildman–Crippen LogP) is 4.39. The molecule has 1 aliphatic heterocycles. The normalized spacial score (nSPS) is 21.6. The summed E-state index contributed by atoms with van der Waals surface area (Å²) in [6.45, 7) is 2.37. The molecule has 10 nitrogen and oxygen atoms in total. The first kappa shape index (κ1) is 27.3. The lowest BCUT2D eigenvalue weighted by atomic mass is 10.0. The number of benzene rings is 2. The van der Waals surface area contributed by atoms with Crippen molar-refractivity contribution >= 4 is 34.4 Å². The molecule has 0 spiro atoms. The molecule has 2 aromatic heterocycles. The van der Waals surface area contributed by atoms with E-state index in [1.165, 1.54) is 19.2 Å². The number of nitrogens with one attached hydrogen (secondary N) is 1. The highest BCUT2D eigenvalue weighted by atomic mass is 16.2. The van der Waals surface area contributed by atoms with Crippen LogP contribution in [-0.2, 0) is 4.79 Å². The number of amides is 2. The lowest BCUT2D eigenvalue weighted by molar-refractivity contribution is -0.125. The fraction of sp³-hybridized carbons (Fsp3) is 0.364. The molecule has 43 heavy (non-hydrogen) atoms. The van der Waals surface area contributed by atoms with E-state index in [9.17, 15) is 9.59 Å². The van der Waals surface area contributed by atoms with E-state index in [0.29, 0.717) is 40.6 Å². The summed E-state index contributed by atoms with van der Waals surface area (Å²) in [6, 6.07) is 17.6. The Morgan fingerprint density at radius 1 is 1.02 bits per heavy atom. The Balaban J connectivity index is 1.06. The van der Waals surface area contributed by atoms with Gasteiger partial charge in [-0.1, -0.05) is 36.4 Å². The number of fused-ring (bicyclic) bond motifs is 2. The average molecular weight is 577 g/mol. The highest BCUT2D eigenvalue weighted by molar-refractivity contribution is 6.05. The molecule has 3 aliphatic rings. The van der Waals surface area contributed by atoms with E-state index in [-0.39, 0.29) is 17.9 Å². The zero-order chi connectivity index (χ0) is 29.5. The molecule has 2 amide bonds. The van der Waals surface area contributed by atoms with Gasteiger partial charge >= 0.3 is 0 Å². The van der Waals surface area contributed by atoms with Gasteiger partial charge in [0.15, 0.2) is 5.65 Å². The number of nitrogens with two attached hydrogens (primary N) is 1. The molecule has 2 aromatic carbocycles. The topological polar surface area (TPSA) is 122 Å². The fourth-order valence-electron chi connectivity index (χ4n) is 6.69. The lowest BCUT2D eigenvalue weighted by Crippen LogP contribution is -2.29. The van der Waals surface area contributed by atoms with E-state index in [4.69, 9.17) is 10.8 Å². The van der Waals surface area contributed by atoms with Crippen molar-refractivity contribution in [3.05, 3.63) is 78.6 Å². The van der Waals surface area contributed by atoms with Crippen LogP contribution in [0.15, 0.2) is 73.1 Å². The Bertz CT molecular complexity index is 1660. The maximum atomic E-state index is 12.9. The van der Waals surface area contributed by atoms with Crippen molar-refractivity contribution in [3.63, 3.8) is 0 Å². The molecule has 7 rings (SSSR count). The molecule has 2 atom stereocenters. The Kier molecular flexibility index (Phi) is 7.14. The van der Waals surface area contributed by atoms with Crippen molar-refractivity contribution in [1.29, 1.82) is 0 Å². The molecule has 1 saturated heterocycles. The van der Waals surface area contributed by atoms with Crippen molar-refractivity contribution < 1.29 is 9.59 Å². The van der Waals surface area contributed by atoms with Crippen LogP contribution < -0.4 is 11.1 Å². The van der Waals surface area contributed by atoms with Crippen LogP contribution in [-0.4, -0.2) is 74.1 Å². The largest absolute Gasteiger partial charge is 0.383 e. The molecule has 2 aliphatic carbocycles. The van der Waals surface area contributed by atoms with Crippen LogP contribution >= 0.6 is 0 Å². The third kappa shape index (κ3) is 5.50. The van der Waals surface area contributed by atoms with Crippen LogP contribution in [0.3, 0.4) is 0 Å². The van der Waals surface area contributed by atoms with E-state index >= 15 is 0 Å². The standard InChI is InChI=1S/C33H36N8O2/c1-39(26-13-14-26)15-5-8-28(42)40-18-23-16-27(17-24(23)19-40)41-32-29(31(34)35-20-36-32)30(38-41)21-9-11-22(12-10-21)33(43)37-25-6-3-2-4-7-25/h2-12,20,23-24,26-27H,13-19H2,1H3,(H,37,43)(H2,34,35,36). The summed E-state index contributed by atoms with van der Waals surface area (Å²) in [7, 11) is 2.12. The number of hydrogen-bond acceptors (Lipinski definition) is 7. The summed E-state index contributed by atoms with van der Waals surface area (Å²) >= 11 is 0. The van der Waals surface area contributed by atoms with Crippen molar-refractivity contribution in [3.8, 4) is 11.3 Å². The quantitative estimate of drug-likeness (QED) is 0.298. The average Bonchev–Trinajstić information content (AvgIpc) is 3.51. The van der Waals surface area contributed by atoms with Gasteiger partial charge in [0, 0.05) is 48.6 Å². The predicted molar refractivity (Wildman–Crippen MR) is 166 cm³/mol. The Labute approximate surface area is 250 Å². The minimum Gasteiger partial charge on any atom is -0.383 e. The summed E-state index contributed by atoms with van der Waals surface area (Å²) < 4.78 is 2.01. The Morgan fingerprint density at radius 2 is 1.74 bits per heavy atom. The van der Waals surface area contributed by atoms with Crippen LogP contribution in [0, 0.1) is 11.8 Å². The number of likely N-dealkylation sites (tertiary alicyclic amines) is 1. The number of nitrogen functional groups attached to an aromatic ring is 1. The second-order valence-electron chi connectivity index (χ2n) is 12.1. The summed E-state index contributed by atoms with van der Waals surface area (Å²) in [5.74, 6) is 1.18. The lowest BCUT2D eigenvalue weighted by Gasteiger charge is -2.19. The van der Waals surface area contributed by atoms with Gasteiger partial charge in [0.05, 0.1) is 11.4 Å². The fourth-order valence-corrected chi connectivity index (χ4v) is 6.69. The molecule has 0 radical (unpaired) electrons. The molecular formula is C33H36N8O2. The number of likely N-dealkylation sites (N-methyl/N-ethyl adjacent to an activating group) is 1. The third-order valence-electron chi connectivity index (χ3n) is 9.18. The van der Waals surface area contributed by atoms with Gasteiger partial charge in [0.25, 0.3) is 5.91 Å². The van der Waals surface area contributed by atoms with Gasteiger partial charge in [-0.2, -0.15) is 5.10 Å². The third-order valence-corrected chi connectivity index (χ3v) is 9.18. The van der Waals surface area contributed by atoms with E-state index in [1.807, 2.05) is 58.1 Å². The number of hydrogen-bond donors (Lipinski definition) is 2. The zero-order valence-corrected chi connectivity index (χ0v) is 24.3. The van der Waals surface area contributed by atoms with Crippen LogP contribution in [0.25, 0.3) is 22.3 Å². The molecule has 0 bridgehead atoms. The van der Waals surface area contributed by atoms with E-state index in [2.05, 4.69) is 27.2 Å². The van der Waals surface area contributed by atoms with Gasteiger partial charge < -0.3 is 16.0 Å². The summed E-state index contributed by atoms with van der Waals surface area (Å²) in [6.07, 6.45) is 9.63. The summed E-state index contributed by atoms with van der Waals surface area (Å²) in [5.41, 5.74) is 9.93. The smallest absolute Gasteiger partial charge is 0.255 e. The first-order valence-corrected chi connectivity index (χ1v) is 15.1. The number of nitrogens with zero attached hydrogens (tertiary/aromatic N) is 6. The minimum atomic E-state index is -0.179. The molecule has 3 fully saturated rings. The molecule has 3 N–H and O–H groups in total. The van der Waals surface area contributed by atoms with Gasteiger partial charge in [0.2, 0.25) is 5.91 Å². The molecular weight excluding hydrogens is 540 g/mol. The number of carbonyl (C=O) groups is 2. The number of anilines is 2. The van der Waals surface area contributed by atoms with Crippen molar-refractivity contribution in [2.24, 2.45) is 11.8 Å². The SMILES string of the molecule is CN(CC=CC(=O)N1CC2CC(n3nc(-c4ccc(C(=O)Nc5ccccc5)cc4)c4c(N)ncnc43)CC2C1)C1CC1. The second-order valence-corrected chi connectivity index (χ2v) is 12.1.